The summed E-state index contributed by atoms with van der Waals surface area (Å²) in [5.74, 6) is 0. The molecule has 0 amide bonds. The molecular formula is C15H14N2OS. The van der Waals surface area contributed by atoms with E-state index in [4.69, 9.17) is 4.84 Å². The number of benzene rings is 2. The maximum Gasteiger partial charge on any atom is 0.293 e. The third-order valence-corrected chi connectivity index (χ3v) is 4.68. The second kappa shape index (κ2) is 4.00. The molecule has 0 aliphatic carbocycles. The zero-order chi connectivity index (χ0) is 12.9. The molecule has 4 heteroatoms. The third-order valence-electron chi connectivity index (χ3n) is 3.47. The highest BCUT2D eigenvalue weighted by Crippen LogP contribution is 2.54. The van der Waals surface area contributed by atoms with E-state index in [-0.39, 0.29) is 5.18 Å². The van der Waals surface area contributed by atoms with Crippen LogP contribution in [0.5, 0.6) is 0 Å². The van der Waals surface area contributed by atoms with Crippen molar-refractivity contribution < 1.29 is 4.84 Å². The van der Waals surface area contributed by atoms with Gasteiger partial charge >= 0.3 is 0 Å². The summed E-state index contributed by atoms with van der Waals surface area (Å²) in [6, 6.07) is 17.0. The minimum atomic E-state index is -0.383. The Morgan fingerprint density at radius 1 is 1.21 bits per heavy atom. The topological polar surface area (TPSA) is 37.7 Å². The maximum absolute atomic E-state index is 5.50. The van der Waals surface area contributed by atoms with Crippen LogP contribution < -0.4 is 10.4 Å². The van der Waals surface area contributed by atoms with Crippen LogP contribution in [0.15, 0.2) is 53.4 Å². The van der Waals surface area contributed by atoms with E-state index in [9.17, 15) is 0 Å². The van der Waals surface area contributed by atoms with Gasteiger partial charge in [-0.05, 0) is 41.9 Å². The molecule has 96 valence electrons. The molecule has 1 fully saturated rings. The van der Waals surface area contributed by atoms with E-state index in [1.54, 1.807) is 11.8 Å². The van der Waals surface area contributed by atoms with Crippen molar-refractivity contribution in [1.29, 1.82) is 0 Å². The van der Waals surface area contributed by atoms with Crippen LogP contribution in [0.4, 0.5) is 5.69 Å². The first kappa shape index (κ1) is 11.3. The van der Waals surface area contributed by atoms with Crippen molar-refractivity contribution in [1.82, 2.24) is 5.48 Å². The van der Waals surface area contributed by atoms with Crippen molar-refractivity contribution >= 4 is 17.4 Å². The Hall–Kier alpha value is -1.49. The first-order valence-corrected chi connectivity index (χ1v) is 7.15. The average Bonchev–Trinajstić information content (AvgIpc) is 3.12. The normalized spacial score (nSPS) is 23.7. The first-order valence-electron chi connectivity index (χ1n) is 6.33. The summed E-state index contributed by atoms with van der Waals surface area (Å²) in [6.07, 6.45) is 0. The monoisotopic (exact) mass is 270 g/mol. The minimum absolute atomic E-state index is 0.383. The lowest BCUT2D eigenvalue weighted by molar-refractivity contribution is 0.348. The summed E-state index contributed by atoms with van der Waals surface area (Å²) in [6.45, 7) is 2.96. The fraction of sp³-hybridized carbons (Fsp3) is 0.200. The lowest BCUT2D eigenvalue weighted by Gasteiger charge is -2.22. The number of hydrogen-bond donors (Lipinski definition) is 1. The molecular weight excluding hydrogens is 256 g/mol. The fourth-order valence-corrected chi connectivity index (χ4v) is 3.66. The molecule has 0 aromatic heterocycles. The van der Waals surface area contributed by atoms with Crippen LogP contribution in [0.25, 0.3) is 0 Å². The number of thioether (sulfide) groups is 1. The molecule has 0 saturated carbocycles. The van der Waals surface area contributed by atoms with Crippen LogP contribution in [-0.4, -0.2) is 5.18 Å². The quantitative estimate of drug-likeness (QED) is 0.850. The van der Waals surface area contributed by atoms with Crippen molar-refractivity contribution in [3.63, 3.8) is 0 Å². The van der Waals surface area contributed by atoms with Crippen molar-refractivity contribution in [3.05, 3.63) is 59.7 Å². The summed E-state index contributed by atoms with van der Waals surface area (Å²) in [4.78, 5) is 9.06. The van der Waals surface area contributed by atoms with Crippen LogP contribution in [-0.2, 0) is 11.4 Å². The molecule has 3 nitrogen and oxygen atoms in total. The van der Waals surface area contributed by atoms with Gasteiger partial charge in [-0.25, -0.2) is 4.84 Å². The smallest absolute Gasteiger partial charge is 0.293 e. The van der Waals surface area contributed by atoms with E-state index in [0.29, 0.717) is 0 Å². The Balaban J connectivity index is 1.71. The lowest BCUT2D eigenvalue weighted by Crippen LogP contribution is -2.34. The Bertz CT molecular complexity index is 625. The number of rotatable bonds is 2. The second-order valence-electron chi connectivity index (χ2n) is 4.93. The molecule has 1 spiro atoms. The van der Waals surface area contributed by atoms with Crippen LogP contribution >= 0.6 is 11.8 Å². The molecule has 2 aliphatic heterocycles. The van der Waals surface area contributed by atoms with Crippen LogP contribution in [0.2, 0.25) is 0 Å². The molecule has 2 aromatic rings. The second-order valence-corrected chi connectivity index (χ2v) is 6.13. The van der Waals surface area contributed by atoms with Gasteiger partial charge < -0.3 is 4.90 Å². The van der Waals surface area contributed by atoms with Gasteiger partial charge in [0.25, 0.3) is 5.18 Å². The number of hydroxylamine groups is 1. The highest BCUT2D eigenvalue weighted by molar-refractivity contribution is 8.01. The highest BCUT2D eigenvalue weighted by Gasteiger charge is 2.57. The van der Waals surface area contributed by atoms with Gasteiger partial charge in [0, 0.05) is 11.4 Å². The van der Waals surface area contributed by atoms with Gasteiger partial charge in [-0.15, -0.1) is 5.48 Å². The van der Waals surface area contributed by atoms with E-state index in [2.05, 4.69) is 59.8 Å². The number of hydrogen-bond acceptors (Lipinski definition) is 4. The number of aryl methyl sites for hydroxylation is 1. The van der Waals surface area contributed by atoms with Gasteiger partial charge in [-0.2, -0.15) is 0 Å². The molecule has 0 radical (unpaired) electrons. The van der Waals surface area contributed by atoms with Crippen molar-refractivity contribution in [3.8, 4) is 0 Å². The van der Waals surface area contributed by atoms with E-state index in [1.807, 2.05) is 6.07 Å². The molecule has 1 unspecified atom stereocenters. The largest absolute Gasteiger partial charge is 0.314 e. The van der Waals surface area contributed by atoms with E-state index >= 15 is 0 Å². The van der Waals surface area contributed by atoms with E-state index in [1.165, 1.54) is 21.7 Å². The van der Waals surface area contributed by atoms with Gasteiger partial charge in [0.2, 0.25) is 0 Å². The number of nitrogens with one attached hydrogen (secondary N) is 1. The summed E-state index contributed by atoms with van der Waals surface area (Å²) >= 11 is 1.74. The number of nitrogens with zero attached hydrogens (tertiary/aromatic N) is 1. The molecule has 19 heavy (non-hydrogen) atoms. The zero-order valence-corrected chi connectivity index (χ0v) is 11.4. The Morgan fingerprint density at radius 2 is 2.00 bits per heavy atom. The summed E-state index contributed by atoms with van der Waals surface area (Å²) in [7, 11) is 0. The van der Waals surface area contributed by atoms with E-state index < -0.39 is 0 Å². The Kier molecular flexibility index (Phi) is 2.39. The Labute approximate surface area is 116 Å². The molecule has 1 atom stereocenters. The standard InChI is InChI=1S/C15H14N2OS/c1-11-7-8-13-14(9-11)19-15(16-18-15)17(13)10-12-5-3-2-4-6-12/h2-9,16H,10H2,1H3. The maximum atomic E-state index is 5.50. The summed E-state index contributed by atoms with van der Waals surface area (Å²) in [5, 5.41) is -0.383. The van der Waals surface area contributed by atoms with Crippen molar-refractivity contribution in [2.75, 3.05) is 4.90 Å². The van der Waals surface area contributed by atoms with Gasteiger partial charge in [-0.1, -0.05) is 36.4 Å². The number of anilines is 1. The molecule has 1 saturated heterocycles. The fourth-order valence-electron chi connectivity index (χ4n) is 2.44. The highest BCUT2D eigenvalue weighted by atomic mass is 32.2. The van der Waals surface area contributed by atoms with Crippen LogP contribution in [0.3, 0.4) is 0 Å². The predicted molar refractivity (Wildman–Crippen MR) is 76.6 cm³/mol. The van der Waals surface area contributed by atoms with Crippen LogP contribution in [0, 0.1) is 6.92 Å². The lowest BCUT2D eigenvalue weighted by atomic mass is 10.2. The van der Waals surface area contributed by atoms with Gasteiger partial charge in [0.15, 0.2) is 0 Å². The number of fused-ring (bicyclic) bond motifs is 1. The van der Waals surface area contributed by atoms with E-state index in [0.717, 1.165) is 6.54 Å². The summed E-state index contributed by atoms with van der Waals surface area (Å²) < 4.78 is 0. The average molecular weight is 270 g/mol. The molecule has 2 aliphatic rings. The first-order chi connectivity index (χ1) is 9.27. The molecule has 0 bridgehead atoms. The molecule has 2 heterocycles. The van der Waals surface area contributed by atoms with Crippen molar-refractivity contribution in [2.45, 2.75) is 23.5 Å². The van der Waals surface area contributed by atoms with Crippen molar-refractivity contribution in [2.24, 2.45) is 0 Å². The third kappa shape index (κ3) is 1.84. The van der Waals surface area contributed by atoms with Gasteiger partial charge in [-0.3, -0.25) is 0 Å². The molecule has 1 N–H and O–H groups in total. The summed E-state index contributed by atoms with van der Waals surface area (Å²) in [5.41, 5.74) is 6.84. The predicted octanol–water partition coefficient (Wildman–Crippen LogP) is 3.25. The van der Waals surface area contributed by atoms with Gasteiger partial charge in [0.05, 0.1) is 5.69 Å². The zero-order valence-electron chi connectivity index (χ0n) is 10.6. The Morgan fingerprint density at radius 3 is 2.74 bits per heavy atom. The molecule has 4 rings (SSSR count). The van der Waals surface area contributed by atoms with Crippen LogP contribution in [0.1, 0.15) is 11.1 Å². The molecule has 2 aromatic carbocycles. The SMILES string of the molecule is Cc1ccc2c(c1)SC1(NO1)N2Cc1ccccc1. The van der Waals surface area contributed by atoms with Gasteiger partial charge in [0.1, 0.15) is 0 Å². The minimum Gasteiger partial charge on any atom is -0.314 e.